The molecule has 19 heavy (non-hydrogen) atoms. The first kappa shape index (κ1) is 11.6. The summed E-state index contributed by atoms with van der Waals surface area (Å²) in [6, 6.07) is 7.29. The van der Waals surface area contributed by atoms with Crippen molar-refractivity contribution in [3.63, 3.8) is 0 Å². The predicted molar refractivity (Wildman–Crippen MR) is 67.5 cm³/mol. The highest BCUT2D eigenvalue weighted by molar-refractivity contribution is 5.68. The topological polar surface area (TPSA) is 56.2 Å². The Morgan fingerprint density at radius 3 is 2.63 bits per heavy atom. The number of hydrogen-bond donors (Lipinski definition) is 1. The molecule has 0 unspecified atom stereocenters. The molecular weight excluding hydrogens is 250 g/mol. The second-order valence-electron chi connectivity index (χ2n) is 4.20. The number of nitrogens with zero attached hydrogens (tertiary/aromatic N) is 3. The number of anilines is 1. The minimum Gasteiger partial charge on any atom is -0.366 e. The number of benzene rings is 1. The van der Waals surface area contributed by atoms with Crippen LogP contribution in [-0.4, -0.2) is 14.6 Å². The van der Waals surface area contributed by atoms with Gasteiger partial charge in [-0.3, -0.25) is 0 Å². The third-order valence-corrected chi connectivity index (χ3v) is 2.99. The number of hydrogen-bond acceptors (Lipinski definition) is 3. The van der Waals surface area contributed by atoms with Crippen LogP contribution < -0.4 is 5.73 Å². The summed E-state index contributed by atoms with van der Waals surface area (Å²) in [6.45, 7) is 1.82. The van der Waals surface area contributed by atoms with Crippen LogP contribution in [0.3, 0.4) is 0 Å². The average Bonchev–Trinajstić information content (AvgIpc) is 2.75. The Balaban J connectivity index is 2.24. The van der Waals surface area contributed by atoms with Crippen molar-refractivity contribution in [2.24, 2.45) is 0 Å². The summed E-state index contributed by atoms with van der Waals surface area (Å²) >= 11 is 0. The highest BCUT2D eigenvalue weighted by atomic mass is 19.2. The summed E-state index contributed by atoms with van der Waals surface area (Å²) < 4.78 is 27.8. The summed E-state index contributed by atoms with van der Waals surface area (Å²) in [5.74, 6) is -1.58. The highest BCUT2D eigenvalue weighted by Crippen LogP contribution is 2.25. The molecule has 0 aliphatic rings. The van der Waals surface area contributed by atoms with E-state index in [-0.39, 0.29) is 5.95 Å². The highest BCUT2D eigenvalue weighted by Gasteiger charge is 2.10. The number of fused-ring (bicyclic) bond motifs is 1. The number of halogens is 2. The van der Waals surface area contributed by atoms with E-state index in [9.17, 15) is 8.78 Å². The zero-order valence-electron chi connectivity index (χ0n) is 10.1. The molecule has 2 heterocycles. The number of aryl methyl sites for hydroxylation is 1. The zero-order chi connectivity index (χ0) is 13.6. The summed E-state index contributed by atoms with van der Waals surface area (Å²) in [7, 11) is 0. The summed E-state index contributed by atoms with van der Waals surface area (Å²) in [5.41, 5.74) is 8.23. The Labute approximate surface area is 107 Å². The average molecular weight is 260 g/mol. The molecule has 0 amide bonds. The minimum absolute atomic E-state index is 0.172. The first-order valence-corrected chi connectivity index (χ1v) is 5.63. The number of aromatic nitrogens is 3. The SMILES string of the molecule is Cc1c(-c2ccc(F)c(F)c2)ccc2nc(N)nn12. The molecule has 0 aliphatic heterocycles. The Morgan fingerprint density at radius 2 is 1.89 bits per heavy atom. The quantitative estimate of drug-likeness (QED) is 0.731. The molecule has 0 spiro atoms. The van der Waals surface area contributed by atoms with Crippen molar-refractivity contribution >= 4 is 11.6 Å². The molecule has 0 aliphatic carbocycles. The lowest BCUT2D eigenvalue weighted by Crippen LogP contribution is -1.97. The van der Waals surface area contributed by atoms with E-state index < -0.39 is 11.6 Å². The Morgan fingerprint density at radius 1 is 1.11 bits per heavy atom. The standard InChI is InChI=1S/C13H10F2N4/c1-7-9(8-2-4-10(14)11(15)6-8)3-5-12-17-13(16)18-19(7)12/h2-6H,1H3,(H2,16,18). The second kappa shape index (κ2) is 4.01. The number of nitrogen functional groups attached to an aromatic ring is 1. The smallest absolute Gasteiger partial charge is 0.240 e. The molecule has 3 aromatic rings. The van der Waals surface area contributed by atoms with Crippen LogP contribution in [0.2, 0.25) is 0 Å². The van der Waals surface area contributed by atoms with E-state index in [0.717, 1.165) is 23.4 Å². The Kier molecular flexibility index (Phi) is 2.45. The minimum atomic E-state index is -0.880. The van der Waals surface area contributed by atoms with E-state index in [1.807, 2.05) is 6.92 Å². The summed E-state index contributed by atoms with van der Waals surface area (Å²) in [5, 5.41) is 4.05. The van der Waals surface area contributed by atoms with Crippen molar-refractivity contribution in [1.29, 1.82) is 0 Å². The van der Waals surface area contributed by atoms with Gasteiger partial charge < -0.3 is 5.73 Å². The van der Waals surface area contributed by atoms with Crippen LogP contribution in [0.5, 0.6) is 0 Å². The van der Waals surface area contributed by atoms with Gasteiger partial charge in [0.2, 0.25) is 5.95 Å². The molecule has 0 saturated heterocycles. The van der Waals surface area contributed by atoms with Gasteiger partial charge in [-0.05, 0) is 36.8 Å². The molecule has 2 N–H and O–H groups in total. The number of rotatable bonds is 1. The molecule has 4 nitrogen and oxygen atoms in total. The molecular formula is C13H10F2N4. The molecule has 6 heteroatoms. The number of pyridine rings is 1. The molecule has 0 fully saturated rings. The van der Waals surface area contributed by atoms with Gasteiger partial charge in [0.25, 0.3) is 0 Å². The molecule has 2 aromatic heterocycles. The normalized spacial score (nSPS) is 11.1. The fourth-order valence-corrected chi connectivity index (χ4v) is 2.06. The molecule has 0 bridgehead atoms. The maximum absolute atomic E-state index is 13.3. The van der Waals surface area contributed by atoms with E-state index in [2.05, 4.69) is 10.1 Å². The molecule has 0 saturated carbocycles. The van der Waals surface area contributed by atoms with Crippen LogP contribution in [0.4, 0.5) is 14.7 Å². The molecule has 3 rings (SSSR count). The van der Waals surface area contributed by atoms with Gasteiger partial charge in [0, 0.05) is 11.3 Å². The first-order chi connectivity index (χ1) is 9.06. The van der Waals surface area contributed by atoms with E-state index in [1.54, 1.807) is 16.6 Å². The summed E-state index contributed by atoms with van der Waals surface area (Å²) in [4.78, 5) is 4.04. The maximum Gasteiger partial charge on any atom is 0.240 e. The van der Waals surface area contributed by atoms with Gasteiger partial charge in [0.15, 0.2) is 17.3 Å². The lowest BCUT2D eigenvalue weighted by molar-refractivity contribution is 0.509. The third kappa shape index (κ3) is 1.81. The molecule has 0 atom stereocenters. The van der Waals surface area contributed by atoms with Crippen LogP contribution in [-0.2, 0) is 0 Å². The predicted octanol–water partition coefficient (Wildman–Crippen LogP) is 2.57. The van der Waals surface area contributed by atoms with Crippen molar-refractivity contribution in [1.82, 2.24) is 14.6 Å². The van der Waals surface area contributed by atoms with Gasteiger partial charge in [0.05, 0.1) is 0 Å². The van der Waals surface area contributed by atoms with Crippen molar-refractivity contribution in [2.75, 3.05) is 5.73 Å². The van der Waals surface area contributed by atoms with E-state index in [1.165, 1.54) is 6.07 Å². The van der Waals surface area contributed by atoms with Gasteiger partial charge in [-0.25, -0.2) is 13.3 Å². The van der Waals surface area contributed by atoms with Gasteiger partial charge in [-0.1, -0.05) is 6.07 Å². The van der Waals surface area contributed by atoms with Crippen LogP contribution in [0.25, 0.3) is 16.8 Å². The van der Waals surface area contributed by atoms with E-state index >= 15 is 0 Å². The van der Waals surface area contributed by atoms with Crippen molar-refractivity contribution in [3.8, 4) is 11.1 Å². The number of nitrogens with two attached hydrogens (primary N) is 1. The largest absolute Gasteiger partial charge is 0.366 e. The van der Waals surface area contributed by atoms with Crippen LogP contribution in [0.15, 0.2) is 30.3 Å². The zero-order valence-corrected chi connectivity index (χ0v) is 10.1. The van der Waals surface area contributed by atoms with Crippen molar-refractivity contribution in [3.05, 3.63) is 47.7 Å². The van der Waals surface area contributed by atoms with Crippen LogP contribution in [0.1, 0.15) is 5.69 Å². The summed E-state index contributed by atoms with van der Waals surface area (Å²) in [6.07, 6.45) is 0. The van der Waals surface area contributed by atoms with Gasteiger partial charge in [-0.2, -0.15) is 4.98 Å². The van der Waals surface area contributed by atoms with Crippen molar-refractivity contribution < 1.29 is 8.78 Å². The van der Waals surface area contributed by atoms with Gasteiger partial charge in [0.1, 0.15) is 0 Å². The molecule has 1 aromatic carbocycles. The van der Waals surface area contributed by atoms with Crippen LogP contribution >= 0.6 is 0 Å². The molecule has 96 valence electrons. The van der Waals surface area contributed by atoms with Crippen molar-refractivity contribution in [2.45, 2.75) is 6.92 Å². The second-order valence-corrected chi connectivity index (χ2v) is 4.20. The molecule has 0 radical (unpaired) electrons. The Hall–Kier alpha value is -2.50. The van der Waals surface area contributed by atoms with E-state index in [4.69, 9.17) is 5.73 Å². The van der Waals surface area contributed by atoms with Gasteiger partial charge >= 0.3 is 0 Å². The maximum atomic E-state index is 13.3. The third-order valence-electron chi connectivity index (χ3n) is 2.99. The van der Waals surface area contributed by atoms with Crippen LogP contribution in [0, 0.1) is 18.6 Å². The monoisotopic (exact) mass is 260 g/mol. The fraction of sp³-hybridized carbons (Fsp3) is 0.0769. The van der Waals surface area contributed by atoms with Gasteiger partial charge in [-0.15, -0.1) is 5.10 Å². The first-order valence-electron chi connectivity index (χ1n) is 5.63. The fourth-order valence-electron chi connectivity index (χ4n) is 2.06. The Bertz CT molecular complexity index is 780. The lowest BCUT2D eigenvalue weighted by Gasteiger charge is -2.07. The lowest BCUT2D eigenvalue weighted by atomic mass is 10.0. The van der Waals surface area contributed by atoms with E-state index in [0.29, 0.717) is 11.2 Å².